The van der Waals surface area contributed by atoms with Gasteiger partial charge in [-0.1, -0.05) is 28.1 Å². The molecule has 1 aromatic heterocycles. The number of aromatic nitrogens is 2. The van der Waals surface area contributed by atoms with Gasteiger partial charge in [0, 0.05) is 0 Å². The first kappa shape index (κ1) is 13.1. The van der Waals surface area contributed by atoms with Crippen LogP contribution in [-0.4, -0.2) is 21.2 Å². The van der Waals surface area contributed by atoms with Crippen molar-refractivity contribution in [3.63, 3.8) is 0 Å². The van der Waals surface area contributed by atoms with Gasteiger partial charge in [0.15, 0.2) is 0 Å². The number of fused-ring (bicyclic) bond motifs is 1. The van der Waals surface area contributed by atoms with Crippen LogP contribution in [-0.2, 0) is 10.1 Å². The summed E-state index contributed by atoms with van der Waals surface area (Å²) < 4.78 is 6.91. The lowest BCUT2D eigenvalue weighted by Crippen LogP contribution is -2.27. The molecule has 0 radical (unpaired) electrons. The van der Waals surface area contributed by atoms with Crippen molar-refractivity contribution in [2.45, 2.75) is 31.7 Å². The SMILES string of the molecule is CC(C)(C)OC(=O)n1c(CBr)nc2ccccc21. The van der Waals surface area contributed by atoms with E-state index < -0.39 is 11.7 Å². The second kappa shape index (κ2) is 4.72. The molecule has 2 rings (SSSR count). The molecule has 0 spiro atoms. The van der Waals surface area contributed by atoms with Gasteiger partial charge in [-0.15, -0.1) is 0 Å². The van der Waals surface area contributed by atoms with Crippen molar-refractivity contribution in [1.29, 1.82) is 0 Å². The largest absolute Gasteiger partial charge is 0.443 e. The third-order valence-corrected chi connectivity index (χ3v) is 2.83. The number of imidazole rings is 1. The molecule has 18 heavy (non-hydrogen) atoms. The topological polar surface area (TPSA) is 44.1 Å². The van der Waals surface area contributed by atoms with Gasteiger partial charge in [0.1, 0.15) is 11.4 Å². The number of nitrogens with zero attached hydrogens (tertiary/aromatic N) is 2. The molecule has 4 nitrogen and oxygen atoms in total. The van der Waals surface area contributed by atoms with Crippen molar-refractivity contribution in [2.75, 3.05) is 0 Å². The molecule has 0 aliphatic rings. The Kier molecular flexibility index (Phi) is 3.43. The standard InChI is InChI=1S/C13H15BrN2O2/c1-13(2,3)18-12(17)16-10-7-5-4-6-9(10)15-11(16)8-14/h4-7H,8H2,1-3H3. The van der Waals surface area contributed by atoms with Crippen molar-refractivity contribution >= 4 is 33.1 Å². The van der Waals surface area contributed by atoms with Gasteiger partial charge < -0.3 is 4.74 Å². The van der Waals surface area contributed by atoms with Crippen LogP contribution >= 0.6 is 15.9 Å². The van der Waals surface area contributed by atoms with E-state index in [0.29, 0.717) is 11.2 Å². The molecule has 2 aromatic rings. The minimum atomic E-state index is -0.522. The van der Waals surface area contributed by atoms with Crippen molar-refractivity contribution in [3.05, 3.63) is 30.1 Å². The third kappa shape index (κ3) is 2.56. The Morgan fingerprint density at radius 1 is 1.39 bits per heavy atom. The zero-order chi connectivity index (χ0) is 13.3. The molecule has 0 bridgehead atoms. The molecule has 0 saturated heterocycles. The smallest absolute Gasteiger partial charge is 0.420 e. The number of benzene rings is 1. The van der Waals surface area contributed by atoms with E-state index in [1.165, 1.54) is 4.57 Å². The van der Waals surface area contributed by atoms with E-state index in [-0.39, 0.29) is 0 Å². The van der Waals surface area contributed by atoms with Crippen LogP contribution in [0.5, 0.6) is 0 Å². The van der Waals surface area contributed by atoms with E-state index in [0.717, 1.165) is 11.0 Å². The number of halogens is 1. The van der Waals surface area contributed by atoms with Crippen LogP contribution in [0.1, 0.15) is 26.6 Å². The molecule has 5 heteroatoms. The Morgan fingerprint density at radius 3 is 2.67 bits per heavy atom. The van der Waals surface area contributed by atoms with E-state index >= 15 is 0 Å². The van der Waals surface area contributed by atoms with Gasteiger partial charge in [0.05, 0.1) is 16.4 Å². The molecule has 1 heterocycles. The van der Waals surface area contributed by atoms with Crippen LogP contribution in [0.4, 0.5) is 4.79 Å². The number of alkyl halides is 1. The average molecular weight is 311 g/mol. The van der Waals surface area contributed by atoms with E-state index in [2.05, 4.69) is 20.9 Å². The molecule has 0 aliphatic carbocycles. The first-order valence-corrected chi connectivity index (χ1v) is 6.80. The molecule has 0 atom stereocenters. The normalized spacial score (nSPS) is 11.8. The van der Waals surface area contributed by atoms with Crippen molar-refractivity contribution in [3.8, 4) is 0 Å². The first-order chi connectivity index (χ1) is 8.42. The summed E-state index contributed by atoms with van der Waals surface area (Å²) >= 11 is 3.34. The molecule has 0 saturated carbocycles. The summed E-state index contributed by atoms with van der Waals surface area (Å²) in [5.41, 5.74) is 1.03. The van der Waals surface area contributed by atoms with Crippen LogP contribution in [0.15, 0.2) is 24.3 Å². The van der Waals surface area contributed by atoms with Crippen LogP contribution < -0.4 is 0 Å². The molecule has 0 aliphatic heterocycles. The van der Waals surface area contributed by atoms with Crippen LogP contribution in [0.3, 0.4) is 0 Å². The zero-order valence-corrected chi connectivity index (χ0v) is 12.2. The Morgan fingerprint density at radius 2 is 2.06 bits per heavy atom. The van der Waals surface area contributed by atoms with E-state index in [4.69, 9.17) is 4.74 Å². The highest BCUT2D eigenvalue weighted by molar-refractivity contribution is 9.08. The monoisotopic (exact) mass is 310 g/mol. The summed E-state index contributed by atoms with van der Waals surface area (Å²) in [4.78, 5) is 16.6. The fraction of sp³-hybridized carbons (Fsp3) is 0.385. The molecule has 0 unspecified atom stereocenters. The fourth-order valence-electron chi connectivity index (χ4n) is 1.68. The molecular formula is C13H15BrN2O2. The predicted octanol–water partition coefficient (Wildman–Crippen LogP) is 3.71. The number of hydrogen-bond donors (Lipinski definition) is 0. The maximum absolute atomic E-state index is 12.2. The second-order valence-electron chi connectivity index (χ2n) is 4.97. The molecule has 96 valence electrons. The van der Waals surface area contributed by atoms with Crippen LogP contribution in [0.2, 0.25) is 0 Å². The number of ether oxygens (including phenoxy) is 1. The lowest BCUT2D eigenvalue weighted by atomic mass is 10.2. The Bertz CT molecular complexity index is 584. The molecular weight excluding hydrogens is 296 g/mol. The first-order valence-electron chi connectivity index (χ1n) is 5.68. The fourth-order valence-corrected chi connectivity index (χ4v) is 2.05. The highest BCUT2D eigenvalue weighted by Crippen LogP contribution is 2.20. The predicted molar refractivity (Wildman–Crippen MR) is 74.0 cm³/mol. The highest BCUT2D eigenvalue weighted by atomic mass is 79.9. The van der Waals surface area contributed by atoms with E-state index in [1.807, 2.05) is 45.0 Å². The van der Waals surface area contributed by atoms with Crippen LogP contribution in [0, 0.1) is 0 Å². The van der Waals surface area contributed by atoms with Gasteiger partial charge >= 0.3 is 6.09 Å². The molecule has 0 amide bonds. The quantitative estimate of drug-likeness (QED) is 0.754. The van der Waals surface area contributed by atoms with Crippen LogP contribution in [0.25, 0.3) is 11.0 Å². The summed E-state index contributed by atoms with van der Waals surface area (Å²) in [7, 11) is 0. The lowest BCUT2D eigenvalue weighted by Gasteiger charge is -2.20. The van der Waals surface area contributed by atoms with Gasteiger partial charge in [-0.25, -0.2) is 14.3 Å². The minimum Gasteiger partial charge on any atom is -0.443 e. The number of hydrogen-bond acceptors (Lipinski definition) is 3. The summed E-state index contributed by atoms with van der Waals surface area (Å²) in [6.45, 7) is 5.54. The number of rotatable bonds is 1. The van der Waals surface area contributed by atoms with Gasteiger partial charge in [-0.3, -0.25) is 0 Å². The number of carbonyl (C=O) groups is 1. The summed E-state index contributed by atoms with van der Waals surface area (Å²) in [5.74, 6) is 0.644. The van der Waals surface area contributed by atoms with Crippen molar-refractivity contribution in [2.24, 2.45) is 0 Å². The van der Waals surface area contributed by atoms with Crippen molar-refractivity contribution < 1.29 is 9.53 Å². The highest BCUT2D eigenvalue weighted by Gasteiger charge is 2.22. The Hall–Kier alpha value is -1.36. The Balaban J connectivity index is 2.51. The van der Waals surface area contributed by atoms with Crippen molar-refractivity contribution in [1.82, 2.24) is 9.55 Å². The molecule has 0 N–H and O–H groups in total. The zero-order valence-electron chi connectivity index (χ0n) is 10.6. The average Bonchev–Trinajstić information content (AvgIpc) is 2.64. The molecule has 1 aromatic carbocycles. The second-order valence-corrected chi connectivity index (χ2v) is 5.53. The maximum Gasteiger partial charge on any atom is 0.420 e. The molecule has 0 fully saturated rings. The third-order valence-electron chi connectivity index (χ3n) is 2.33. The number of carbonyl (C=O) groups excluding carboxylic acids is 1. The maximum atomic E-state index is 12.2. The van der Waals surface area contributed by atoms with E-state index in [9.17, 15) is 4.79 Å². The van der Waals surface area contributed by atoms with E-state index in [1.54, 1.807) is 0 Å². The number of para-hydroxylation sites is 2. The summed E-state index contributed by atoms with van der Waals surface area (Å²) in [5, 5.41) is 0.501. The lowest BCUT2D eigenvalue weighted by molar-refractivity contribution is 0.0540. The van der Waals surface area contributed by atoms with Gasteiger partial charge in [-0.2, -0.15) is 0 Å². The van der Waals surface area contributed by atoms with Gasteiger partial charge in [-0.05, 0) is 32.9 Å². The Labute approximate surface area is 114 Å². The van der Waals surface area contributed by atoms with Gasteiger partial charge in [0.2, 0.25) is 0 Å². The summed E-state index contributed by atoms with van der Waals surface area (Å²) in [6, 6.07) is 7.51. The summed E-state index contributed by atoms with van der Waals surface area (Å²) in [6.07, 6.45) is -0.398. The minimum absolute atomic E-state index is 0.398. The van der Waals surface area contributed by atoms with Gasteiger partial charge in [0.25, 0.3) is 0 Å².